The van der Waals surface area contributed by atoms with Crippen molar-refractivity contribution in [3.05, 3.63) is 47.5 Å². The van der Waals surface area contributed by atoms with Crippen molar-refractivity contribution in [1.29, 1.82) is 0 Å². The third-order valence-corrected chi connectivity index (χ3v) is 2.30. The molecular weight excluding hydrogens is 222 g/mol. The van der Waals surface area contributed by atoms with Crippen LogP contribution in [0.15, 0.2) is 36.4 Å². The van der Waals surface area contributed by atoms with Gasteiger partial charge >= 0.3 is 0 Å². The molecule has 0 atom stereocenters. The van der Waals surface area contributed by atoms with E-state index in [-0.39, 0.29) is 5.91 Å². The summed E-state index contributed by atoms with van der Waals surface area (Å²) < 4.78 is 0. The maximum absolute atomic E-state index is 11.5. The Bertz CT molecular complexity index is 374. The molecule has 1 rings (SSSR count). The summed E-state index contributed by atoms with van der Waals surface area (Å²) in [5, 5.41) is 2.80. The fourth-order valence-corrected chi connectivity index (χ4v) is 1.52. The first-order chi connectivity index (χ1) is 7.72. The highest BCUT2D eigenvalue weighted by atomic mass is 35.5. The summed E-state index contributed by atoms with van der Waals surface area (Å²) >= 11 is 5.46. The van der Waals surface area contributed by atoms with E-state index in [1.807, 2.05) is 43.3 Å². The van der Waals surface area contributed by atoms with E-state index in [0.717, 1.165) is 5.56 Å². The normalized spacial score (nSPS) is 10.6. The molecule has 86 valence electrons. The molecule has 16 heavy (non-hydrogen) atoms. The number of hydrogen-bond acceptors (Lipinski definition) is 1. The number of rotatable bonds is 5. The molecule has 0 saturated carbocycles. The second-order valence-electron chi connectivity index (χ2n) is 3.60. The zero-order valence-electron chi connectivity index (χ0n) is 9.37. The number of hydrogen-bond donors (Lipinski definition) is 1. The SMILES string of the molecule is Cc1cccc(CC(=O)NC/C=C/CCl)c1. The number of aryl methyl sites for hydroxylation is 1. The van der Waals surface area contributed by atoms with Crippen LogP contribution in [-0.2, 0) is 11.2 Å². The second kappa shape index (κ2) is 7.07. The van der Waals surface area contributed by atoms with Gasteiger partial charge in [-0.2, -0.15) is 0 Å². The quantitative estimate of drug-likeness (QED) is 0.619. The molecule has 0 fully saturated rings. The van der Waals surface area contributed by atoms with Gasteiger partial charge in [-0.05, 0) is 12.5 Å². The molecule has 1 aromatic carbocycles. The Morgan fingerprint density at radius 2 is 2.25 bits per heavy atom. The van der Waals surface area contributed by atoms with Gasteiger partial charge in [0.25, 0.3) is 0 Å². The summed E-state index contributed by atoms with van der Waals surface area (Å²) in [7, 11) is 0. The van der Waals surface area contributed by atoms with Gasteiger partial charge in [0.2, 0.25) is 5.91 Å². The average Bonchev–Trinajstić information content (AvgIpc) is 2.24. The van der Waals surface area contributed by atoms with E-state index in [4.69, 9.17) is 11.6 Å². The Kier molecular flexibility index (Phi) is 5.65. The Balaban J connectivity index is 2.37. The topological polar surface area (TPSA) is 29.1 Å². The van der Waals surface area contributed by atoms with Gasteiger partial charge in [-0.1, -0.05) is 42.0 Å². The van der Waals surface area contributed by atoms with Gasteiger partial charge in [-0.15, -0.1) is 11.6 Å². The molecule has 0 heterocycles. The summed E-state index contributed by atoms with van der Waals surface area (Å²) in [6.45, 7) is 2.56. The first-order valence-electron chi connectivity index (χ1n) is 5.25. The van der Waals surface area contributed by atoms with Gasteiger partial charge in [0.15, 0.2) is 0 Å². The minimum atomic E-state index is 0.0322. The molecular formula is C13H16ClNO. The van der Waals surface area contributed by atoms with E-state index >= 15 is 0 Å². The molecule has 0 spiro atoms. The van der Waals surface area contributed by atoms with Gasteiger partial charge in [-0.25, -0.2) is 0 Å². The maximum atomic E-state index is 11.5. The lowest BCUT2D eigenvalue weighted by atomic mass is 10.1. The van der Waals surface area contributed by atoms with Gasteiger partial charge in [-0.3, -0.25) is 4.79 Å². The predicted octanol–water partition coefficient (Wildman–Crippen LogP) is 2.45. The molecule has 3 heteroatoms. The van der Waals surface area contributed by atoms with E-state index in [0.29, 0.717) is 18.8 Å². The van der Waals surface area contributed by atoms with Crippen molar-refractivity contribution in [2.75, 3.05) is 12.4 Å². The smallest absolute Gasteiger partial charge is 0.224 e. The van der Waals surface area contributed by atoms with Crippen molar-refractivity contribution < 1.29 is 4.79 Å². The second-order valence-corrected chi connectivity index (χ2v) is 3.90. The summed E-state index contributed by atoms with van der Waals surface area (Å²) in [6, 6.07) is 7.96. The lowest BCUT2D eigenvalue weighted by Gasteiger charge is -2.03. The minimum absolute atomic E-state index is 0.0322. The fraction of sp³-hybridized carbons (Fsp3) is 0.308. The molecule has 1 amide bonds. The molecule has 0 aromatic heterocycles. The largest absolute Gasteiger partial charge is 0.352 e. The van der Waals surface area contributed by atoms with Crippen LogP contribution in [0.1, 0.15) is 11.1 Å². The van der Waals surface area contributed by atoms with Crippen LogP contribution in [-0.4, -0.2) is 18.3 Å². The van der Waals surface area contributed by atoms with Crippen LogP contribution in [0.4, 0.5) is 0 Å². The molecule has 0 aliphatic rings. The molecule has 0 bridgehead atoms. The third-order valence-electron chi connectivity index (χ3n) is 2.12. The molecule has 0 aliphatic carbocycles. The van der Waals surface area contributed by atoms with Crippen LogP contribution >= 0.6 is 11.6 Å². The zero-order valence-corrected chi connectivity index (χ0v) is 10.1. The van der Waals surface area contributed by atoms with Crippen LogP contribution in [0.5, 0.6) is 0 Å². The van der Waals surface area contributed by atoms with Crippen LogP contribution in [0.3, 0.4) is 0 Å². The highest BCUT2D eigenvalue weighted by Gasteiger charge is 2.01. The van der Waals surface area contributed by atoms with Crippen molar-refractivity contribution in [1.82, 2.24) is 5.32 Å². The van der Waals surface area contributed by atoms with Crippen molar-refractivity contribution in [3.63, 3.8) is 0 Å². The highest BCUT2D eigenvalue weighted by molar-refractivity contribution is 6.18. The first-order valence-corrected chi connectivity index (χ1v) is 5.79. The van der Waals surface area contributed by atoms with Crippen molar-refractivity contribution in [2.45, 2.75) is 13.3 Å². The van der Waals surface area contributed by atoms with E-state index in [1.54, 1.807) is 0 Å². The van der Waals surface area contributed by atoms with Crippen molar-refractivity contribution in [2.24, 2.45) is 0 Å². The number of halogens is 1. The molecule has 0 unspecified atom stereocenters. The zero-order chi connectivity index (χ0) is 11.8. The summed E-state index contributed by atoms with van der Waals surface area (Å²) in [5.74, 6) is 0.512. The van der Waals surface area contributed by atoms with Crippen LogP contribution < -0.4 is 5.32 Å². The van der Waals surface area contributed by atoms with E-state index < -0.39 is 0 Å². The lowest BCUT2D eigenvalue weighted by Crippen LogP contribution is -2.25. The average molecular weight is 238 g/mol. The number of allylic oxidation sites excluding steroid dienone is 1. The van der Waals surface area contributed by atoms with Crippen LogP contribution in [0, 0.1) is 6.92 Å². The fourth-order valence-electron chi connectivity index (χ4n) is 1.39. The van der Waals surface area contributed by atoms with Gasteiger partial charge in [0.05, 0.1) is 6.42 Å². The number of carbonyl (C=O) groups is 1. The number of nitrogens with one attached hydrogen (secondary N) is 1. The van der Waals surface area contributed by atoms with Gasteiger partial charge < -0.3 is 5.32 Å². The summed E-state index contributed by atoms with van der Waals surface area (Å²) in [6.07, 6.45) is 4.09. The number of amides is 1. The van der Waals surface area contributed by atoms with Crippen molar-refractivity contribution in [3.8, 4) is 0 Å². The molecule has 1 N–H and O–H groups in total. The Morgan fingerprint density at radius 3 is 2.94 bits per heavy atom. The monoisotopic (exact) mass is 237 g/mol. The van der Waals surface area contributed by atoms with Crippen LogP contribution in [0.25, 0.3) is 0 Å². The molecule has 2 nitrogen and oxygen atoms in total. The summed E-state index contributed by atoms with van der Waals surface area (Å²) in [5.41, 5.74) is 2.21. The lowest BCUT2D eigenvalue weighted by molar-refractivity contribution is -0.120. The Hall–Kier alpha value is -1.28. The third kappa shape index (κ3) is 4.99. The molecule has 1 aromatic rings. The van der Waals surface area contributed by atoms with E-state index in [9.17, 15) is 4.79 Å². The van der Waals surface area contributed by atoms with E-state index in [1.165, 1.54) is 5.56 Å². The number of carbonyl (C=O) groups excluding carboxylic acids is 1. The number of benzene rings is 1. The molecule has 0 radical (unpaired) electrons. The maximum Gasteiger partial charge on any atom is 0.224 e. The van der Waals surface area contributed by atoms with Gasteiger partial charge in [0, 0.05) is 12.4 Å². The minimum Gasteiger partial charge on any atom is -0.352 e. The first kappa shape index (κ1) is 12.8. The van der Waals surface area contributed by atoms with Crippen LogP contribution in [0.2, 0.25) is 0 Å². The predicted molar refractivity (Wildman–Crippen MR) is 67.8 cm³/mol. The van der Waals surface area contributed by atoms with Gasteiger partial charge in [0.1, 0.15) is 0 Å². The standard InChI is InChI=1S/C13H16ClNO/c1-11-5-4-6-12(9-11)10-13(16)15-8-3-2-7-14/h2-6,9H,7-8,10H2,1H3,(H,15,16)/b3-2+. The number of alkyl halides is 1. The summed E-state index contributed by atoms with van der Waals surface area (Å²) in [4.78, 5) is 11.5. The Morgan fingerprint density at radius 1 is 1.44 bits per heavy atom. The Labute approximate surface area is 101 Å². The molecule has 0 saturated heterocycles. The highest BCUT2D eigenvalue weighted by Crippen LogP contribution is 2.04. The van der Waals surface area contributed by atoms with Crippen molar-refractivity contribution >= 4 is 17.5 Å². The molecule has 0 aliphatic heterocycles. The van der Waals surface area contributed by atoms with E-state index in [2.05, 4.69) is 5.32 Å².